The van der Waals surface area contributed by atoms with Gasteiger partial charge in [0.15, 0.2) is 5.60 Å². The number of aryl methyl sites for hydroxylation is 2. The van der Waals surface area contributed by atoms with E-state index in [1.165, 1.54) is 6.08 Å². The Bertz CT molecular complexity index is 895. The first-order chi connectivity index (χ1) is 14.8. The summed E-state index contributed by atoms with van der Waals surface area (Å²) in [6, 6.07) is 1.89. The van der Waals surface area contributed by atoms with Crippen LogP contribution in [-0.2, 0) is 11.2 Å². The lowest BCUT2D eigenvalue weighted by Gasteiger charge is -2.66. The van der Waals surface area contributed by atoms with Gasteiger partial charge < -0.3 is 29.6 Å². The molecular formula is C25H38O6S. The zero-order chi connectivity index (χ0) is 23.7. The van der Waals surface area contributed by atoms with E-state index < -0.39 is 39.7 Å². The Morgan fingerprint density at radius 2 is 1.91 bits per heavy atom. The van der Waals surface area contributed by atoms with E-state index in [1.54, 1.807) is 13.2 Å². The Labute approximate surface area is 196 Å². The fraction of sp³-hybridized carbons (Fsp3) is 0.760. The summed E-state index contributed by atoms with van der Waals surface area (Å²) in [6.45, 7) is 9.64. The molecule has 3 aliphatic rings. The van der Waals surface area contributed by atoms with Crippen LogP contribution < -0.4 is 0 Å². The molecule has 0 radical (unpaired) electrons. The van der Waals surface area contributed by atoms with Crippen molar-refractivity contribution in [2.75, 3.05) is 6.61 Å². The first-order valence-electron chi connectivity index (χ1n) is 11.8. The Morgan fingerprint density at radius 3 is 2.53 bits per heavy atom. The molecule has 0 saturated heterocycles. The largest absolute Gasteiger partial charge is 0.469 e. The molecule has 2 saturated carbocycles. The number of rotatable bonds is 5. The van der Waals surface area contributed by atoms with E-state index in [4.69, 9.17) is 9.15 Å². The molecule has 7 heteroatoms. The van der Waals surface area contributed by atoms with Gasteiger partial charge in [-0.05, 0) is 67.7 Å². The normalized spacial score (nSPS) is 44.4. The highest BCUT2D eigenvalue weighted by Gasteiger charge is 2.80. The predicted molar refractivity (Wildman–Crippen MR) is 124 cm³/mol. The molecule has 180 valence electrons. The molecule has 4 N–H and O–H groups in total. The van der Waals surface area contributed by atoms with Crippen molar-refractivity contribution in [1.82, 2.24) is 0 Å². The summed E-state index contributed by atoms with van der Waals surface area (Å²) in [5, 5.41) is 48.3. The van der Waals surface area contributed by atoms with Crippen LogP contribution in [0.15, 0.2) is 28.4 Å². The Hall–Kier alpha value is -0.830. The minimum atomic E-state index is -2.22. The van der Waals surface area contributed by atoms with Crippen LogP contribution in [0.4, 0.5) is 0 Å². The van der Waals surface area contributed by atoms with E-state index >= 15 is 0 Å². The van der Waals surface area contributed by atoms with Crippen LogP contribution in [0.5, 0.6) is 0 Å². The molecule has 2 fully saturated rings. The van der Waals surface area contributed by atoms with Gasteiger partial charge in [-0.3, -0.25) is 0 Å². The summed E-state index contributed by atoms with van der Waals surface area (Å²) in [7, 11) is 0. The number of aliphatic hydroxyl groups is 4. The van der Waals surface area contributed by atoms with Crippen molar-refractivity contribution in [3.63, 3.8) is 0 Å². The third-order valence-corrected chi connectivity index (χ3v) is 9.68. The molecule has 2 aliphatic carbocycles. The number of thiol groups is 1. The lowest BCUT2D eigenvalue weighted by atomic mass is 9.50. The molecule has 1 aromatic heterocycles. The average molecular weight is 467 g/mol. The zero-order valence-corrected chi connectivity index (χ0v) is 20.6. The summed E-state index contributed by atoms with van der Waals surface area (Å²) in [5.41, 5.74) is -2.63. The monoisotopic (exact) mass is 466 g/mol. The maximum atomic E-state index is 12.5. The summed E-state index contributed by atoms with van der Waals surface area (Å²) in [6.07, 6.45) is 5.80. The van der Waals surface area contributed by atoms with Crippen LogP contribution in [0.3, 0.4) is 0 Å². The van der Waals surface area contributed by atoms with Crippen molar-refractivity contribution in [3.8, 4) is 0 Å². The predicted octanol–water partition coefficient (Wildman–Crippen LogP) is 3.21. The summed E-state index contributed by atoms with van der Waals surface area (Å²) in [5.74, 6) is -2.68. The van der Waals surface area contributed by atoms with Crippen molar-refractivity contribution >= 4 is 12.6 Å². The fourth-order valence-corrected chi connectivity index (χ4v) is 7.32. The molecule has 9 atom stereocenters. The number of fused-ring (bicyclic) bond motifs is 2. The molecule has 0 spiro atoms. The minimum absolute atomic E-state index is 0.0369. The van der Waals surface area contributed by atoms with E-state index in [0.29, 0.717) is 18.4 Å². The molecule has 6 nitrogen and oxygen atoms in total. The molecule has 0 aromatic carbocycles. The van der Waals surface area contributed by atoms with Gasteiger partial charge in [-0.2, -0.15) is 0 Å². The van der Waals surface area contributed by atoms with E-state index in [9.17, 15) is 20.4 Å². The van der Waals surface area contributed by atoms with Crippen LogP contribution in [0.25, 0.3) is 0 Å². The zero-order valence-electron chi connectivity index (χ0n) is 19.7. The van der Waals surface area contributed by atoms with Gasteiger partial charge in [0.25, 0.3) is 0 Å². The van der Waals surface area contributed by atoms with E-state index in [1.807, 2.05) is 33.8 Å². The standard InChI is InChI=1S/C25H38O6S/c1-14-12-22(26)23(27,25(29,32)17(4)7-9-20-15(2)10-11-30-20)21-16(3)6-8-19(21)18(5)24(22,28)31-13-14/h10-12,16-19,21,26-29,32H,6-9,13H2,1-5H3/t16-,17+,18-,19-,21+,22-,23+,24-,25+/m0/s1. The van der Waals surface area contributed by atoms with Gasteiger partial charge >= 0.3 is 0 Å². The second-order valence-electron chi connectivity index (χ2n) is 10.7. The van der Waals surface area contributed by atoms with E-state index in [2.05, 4.69) is 12.6 Å². The first kappa shape index (κ1) is 24.3. The number of ether oxygens (including phenoxy) is 1. The van der Waals surface area contributed by atoms with Crippen LogP contribution in [0, 0.1) is 36.5 Å². The quantitative estimate of drug-likeness (QED) is 0.259. The molecule has 4 rings (SSSR count). The maximum Gasteiger partial charge on any atom is 0.204 e. The van der Waals surface area contributed by atoms with Gasteiger partial charge in [0, 0.05) is 18.3 Å². The molecule has 0 amide bonds. The van der Waals surface area contributed by atoms with Crippen molar-refractivity contribution in [2.45, 2.75) is 82.2 Å². The summed E-state index contributed by atoms with van der Waals surface area (Å²) >= 11 is 4.68. The van der Waals surface area contributed by atoms with Crippen molar-refractivity contribution in [3.05, 3.63) is 35.3 Å². The van der Waals surface area contributed by atoms with Gasteiger partial charge in [0.05, 0.1) is 12.9 Å². The van der Waals surface area contributed by atoms with E-state index in [0.717, 1.165) is 24.2 Å². The van der Waals surface area contributed by atoms with Crippen LogP contribution in [0.2, 0.25) is 0 Å². The highest BCUT2D eigenvalue weighted by molar-refractivity contribution is 7.81. The SMILES string of the molecule is CC1=C[C@]2(O)[C@@](O)([C@](O)(S)[C@H](C)CCc3occc3C)[C@H]3[C@@H](CC[C@@H]3C)[C@H](C)[C@]2(O)OC1. The van der Waals surface area contributed by atoms with Gasteiger partial charge in [-0.1, -0.05) is 27.2 Å². The second kappa shape index (κ2) is 7.85. The van der Waals surface area contributed by atoms with Crippen molar-refractivity contribution in [1.29, 1.82) is 0 Å². The van der Waals surface area contributed by atoms with Gasteiger partial charge in [0.2, 0.25) is 5.79 Å². The smallest absolute Gasteiger partial charge is 0.204 e. The lowest BCUT2D eigenvalue weighted by molar-refractivity contribution is -0.407. The van der Waals surface area contributed by atoms with Crippen LogP contribution in [0.1, 0.15) is 58.3 Å². The Morgan fingerprint density at radius 1 is 1.22 bits per heavy atom. The van der Waals surface area contributed by atoms with Gasteiger partial charge in [-0.15, -0.1) is 12.6 Å². The molecular weight excluding hydrogens is 428 g/mol. The van der Waals surface area contributed by atoms with Crippen molar-refractivity contribution in [2.24, 2.45) is 29.6 Å². The summed E-state index contributed by atoms with van der Waals surface area (Å²) in [4.78, 5) is -2.00. The topological polar surface area (TPSA) is 103 Å². The van der Waals surface area contributed by atoms with Gasteiger partial charge in [0.1, 0.15) is 16.3 Å². The van der Waals surface area contributed by atoms with Crippen LogP contribution in [-0.4, -0.2) is 49.0 Å². The molecule has 32 heavy (non-hydrogen) atoms. The third kappa shape index (κ3) is 3.05. The fourth-order valence-electron chi connectivity index (χ4n) is 6.87. The highest BCUT2D eigenvalue weighted by atomic mass is 32.1. The lowest BCUT2D eigenvalue weighted by Crippen LogP contribution is -2.84. The van der Waals surface area contributed by atoms with Gasteiger partial charge in [-0.25, -0.2) is 0 Å². The van der Waals surface area contributed by atoms with Crippen LogP contribution >= 0.6 is 12.6 Å². The Kier molecular flexibility index (Phi) is 5.96. The van der Waals surface area contributed by atoms with E-state index in [-0.39, 0.29) is 18.4 Å². The second-order valence-corrected chi connectivity index (χ2v) is 11.4. The number of hydrogen-bond donors (Lipinski definition) is 5. The molecule has 0 bridgehead atoms. The summed E-state index contributed by atoms with van der Waals surface area (Å²) < 4.78 is 11.4. The minimum Gasteiger partial charge on any atom is -0.469 e. The molecule has 0 unspecified atom stereocenters. The highest BCUT2D eigenvalue weighted by Crippen LogP contribution is 2.65. The average Bonchev–Trinajstić information content (AvgIpc) is 3.32. The molecule has 1 aromatic rings. The third-order valence-electron chi connectivity index (χ3n) is 8.89. The number of hydrogen-bond acceptors (Lipinski definition) is 7. The first-order valence-corrected chi connectivity index (χ1v) is 12.2. The molecule has 2 heterocycles. The number of furan rings is 1. The molecule has 1 aliphatic heterocycles. The maximum absolute atomic E-state index is 12.5. The van der Waals surface area contributed by atoms with Crippen molar-refractivity contribution < 1.29 is 29.6 Å². The Balaban J connectivity index is 1.80.